The van der Waals surface area contributed by atoms with Gasteiger partial charge in [0.2, 0.25) is 11.8 Å². The Hall–Kier alpha value is -1.14. The van der Waals surface area contributed by atoms with E-state index in [0.29, 0.717) is 32.6 Å². The highest BCUT2D eigenvalue weighted by molar-refractivity contribution is 5.81. The number of rotatable bonds is 2. The molecule has 0 spiro atoms. The second kappa shape index (κ2) is 5.97. The van der Waals surface area contributed by atoms with Gasteiger partial charge in [0.25, 0.3) is 0 Å². The summed E-state index contributed by atoms with van der Waals surface area (Å²) >= 11 is 0. The Balaban J connectivity index is 1.79. The minimum Gasteiger partial charge on any atom is -0.354 e. The fourth-order valence-corrected chi connectivity index (χ4v) is 2.18. The molecular formula is C11H20N4O2. The Morgan fingerprint density at radius 3 is 2.65 bits per heavy atom. The van der Waals surface area contributed by atoms with Crippen molar-refractivity contribution >= 4 is 11.8 Å². The van der Waals surface area contributed by atoms with Crippen molar-refractivity contribution in [3.05, 3.63) is 0 Å². The fraction of sp³-hybridized carbons (Fsp3) is 0.818. The van der Waals surface area contributed by atoms with Crippen molar-refractivity contribution < 1.29 is 9.59 Å². The van der Waals surface area contributed by atoms with Crippen molar-refractivity contribution in [2.24, 2.45) is 0 Å². The van der Waals surface area contributed by atoms with Crippen molar-refractivity contribution in [2.75, 3.05) is 52.4 Å². The summed E-state index contributed by atoms with van der Waals surface area (Å²) in [5.41, 5.74) is 0. The Morgan fingerprint density at radius 2 is 1.88 bits per heavy atom. The summed E-state index contributed by atoms with van der Waals surface area (Å²) < 4.78 is 0. The molecule has 2 heterocycles. The van der Waals surface area contributed by atoms with Gasteiger partial charge in [0.05, 0.1) is 6.54 Å². The van der Waals surface area contributed by atoms with Gasteiger partial charge < -0.3 is 15.5 Å². The summed E-state index contributed by atoms with van der Waals surface area (Å²) in [5, 5.41) is 6.04. The van der Waals surface area contributed by atoms with E-state index in [2.05, 4.69) is 15.5 Å². The fourth-order valence-electron chi connectivity index (χ4n) is 2.18. The van der Waals surface area contributed by atoms with Gasteiger partial charge in [0.1, 0.15) is 0 Å². The Morgan fingerprint density at radius 1 is 1.12 bits per heavy atom. The van der Waals surface area contributed by atoms with Crippen LogP contribution in [-0.2, 0) is 9.59 Å². The van der Waals surface area contributed by atoms with E-state index >= 15 is 0 Å². The molecule has 0 atom stereocenters. The molecule has 0 saturated carbocycles. The minimum absolute atomic E-state index is 0.0440. The Bertz CT molecular complexity index is 289. The molecule has 2 aliphatic heterocycles. The molecule has 2 saturated heterocycles. The number of hydrogen-bond donors (Lipinski definition) is 2. The molecule has 2 aliphatic rings. The molecular weight excluding hydrogens is 220 g/mol. The number of carbonyl (C=O) groups excluding carboxylic acids is 2. The third-order valence-corrected chi connectivity index (χ3v) is 3.23. The molecule has 0 aromatic rings. The molecule has 0 aliphatic carbocycles. The smallest absolute Gasteiger partial charge is 0.236 e. The van der Waals surface area contributed by atoms with Crippen molar-refractivity contribution in [2.45, 2.75) is 6.42 Å². The van der Waals surface area contributed by atoms with Gasteiger partial charge in [-0.2, -0.15) is 0 Å². The van der Waals surface area contributed by atoms with Gasteiger partial charge in [-0.15, -0.1) is 0 Å². The van der Waals surface area contributed by atoms with Crippen LogP contribution < -0.4 is 10.6 Å². The molecule has 2 rings (SSSR count). The Labute approximate surface area is 101 Å². The maximum atomic E-state index is 12.1. The van der Waals surface area contributed by atoms with Crippen LogP contribution in [0, 0.1) is 0 Å². The monoisotopic (exact) mass is 240 g/mol. The molecule has 17 heavy (non-hydrogen) atoms. The van der Waals surface area contributed by atoms with E-state index in [-0.39, 0.29) is 11.8 Å². The predicted molar refractivity (Wildman–Crippen MR) is 63.5 cm³/mol. The van der Waals surface area contributed by atoms with Gasteiger partial charge in [-0.05, 0) is 0 Å². The number of piperazine rings is 1. The third-order valence-electron chi connectivity index (χ3n) is 3.23. The minimum atomic E-state index is 0.0440. The van der Waals surface area contributed by atoms with Crippen molar-refractivity contribution in [1.82, 2.24) is 20.4 Å². The average molecular weight is 240 g/mol. The highest BCUT2D eigenvalue weighted by Crippen LogP contribution is 2.00. The van der Waals surface area contributed by atoms with Gasteiger partial charge in [-0.3, -0.25) is 14.5 Å². The molecule has 0 aromatic heterocycles. The third kappa shape index (κ3) is 3.67. The lowest BCUT2D eigenvalue weighted by Gasteiger charge is -2.29. The predicted octanol–water partition coefficient (Wildman–Crippen LogP) is -1.76. The number of hydrogen-bond acceptors (Lipinski definition) is 4. The molecule has 2 amide bonds. The zero-order valence-electron chi connectivity index (χ0n) is 10.1. The van der Waals surface area contributed by atoms with Crippen LogP contribution in [0.25, 0.3) is 0 Å². The zero-order valence-corrected chi connectivity index (χ0v) is 10.1. The van der Waals surface area contributed by atoms with Crippen LogP contribution in [0.2, 0.25) is 0 Å². The van der Waals surface area contributed by atoms with Gasteiger partial charge in [0.15, 0.2) is 0 Å². The molecule has 6 heteroatoms. The second-order valence-corrected chi connectivity index (χ2v) is 4.51. The highest BCUT2D eigenvalue weighted by Gasteiger charge is 2.21. The van der Waals surface area contributed by atoms with E-state index < -0.39 is 0 Å². The number of carbonyl (C=O) groups is 2. The van der Waals surface area contributed by atoms with Crippen molar-refractivity contribution in [3.63, 3.8) is 0 Å². The first-order chi connectivity index (χ1) is 8.25. The molecule has 2 fully saturated rings. The van der Waals surface area contributed by atoms with Crippen LogP contribution in [0.4, 0.5) is 0 Å². The van der Waals surface area contributed by atoms with Gasteiger partial charge in [-0.25, -0.2) is 0 Å². The highest BCUT2D eigenvalue weighted by atomic mass is 16.2. The second-order valence-electron chi connectivity index (χ2n) is 4.51. The van der Waals surface area contributed by atoms with Crippen LogP contribution in [0.5, 0.6) is 0 Å². The molecule has 0 aromatic carbocycles. The summed E-state index contributed by atoms with van der Waals surface area (Å²) in [7, 11) is 0. The lowest BCUT2D eigenvalue weighted by atomic mass is 10.3. The maximum Gasteiger partial charge on any atom is 0.236 e. The first-order valence-corrected chi connectivity index (χ1v) is 6.23. The number of nitrogens with zero attached hydrogens (tertiary/aromatic N) is 2. The first-order valence-electron chi connectivity index (χ1n) is 6.23. The van der Waals surface area contributed by atoms with Gasteiger partial charge in [-0.1, -0.05) is 0 Å². The number of amides is 2. The molecule has 2 N–H and O–H groups in total. The Kier molecular flexibility index (Phi) is 4.33. The van der Waals surface area contributed by atoms with Crippen LogP contribution in [0.1, 0.15) is 6.42 Å². The molecule has 0 unspecified atom stereocenters. The van der Waals surface area contributed by atoms with Crippen molar-refractivity contribution in [3.8, 4) is 0 Å². The molecule has 96 valence electrons. The largest absolute Gasteiger partial charge is 0.354 e. The van der Waals surface area contributed by atoms with Crippen molar-refractivity contribution in [1.29, 1.82) is 0 Å². The SMILES string of the molecule is O=C1CCN(C(=O)CN2CCNCC2)CCN1. The quantitative estimate of drug-likeness (QED) is 0.600. The van der Waals surface area contributed by atoms with Crippen LogP contribution in [0.15, 0.2) is 0 Å². The maximum absolute atomic E-state index is 12.1. The normalized spacial score (nSPS) is 23.1. The van der Waals surface area contributed by atoms with E-state index in [9.17, 15) is 9.59 Å². The standard InChI is InChI=1S/C11H20N4O2/c16-10-1-5-15(8-4-13-10)11(17)9-14-6-2-12-3-7-14/h12H,1-9H2,(H,13,16). The first kappa shape index (κ1) is 12.3. The molecule has 0 bridgehead atoms. The topological polar surface area (TPSA) is 64.7 Å². The summed E-state index contributed by atoms with van der Waals surface area (Å²) in [5.74, 6) is 0.186. The summed E-state index contributed by atoms with van der Waals surface area (Å²) in [6.45, 7) is 6.00. The summed E-state index contributed by atoms with van der Waals surface area (Å²) in [6, 6.07) is 0. The van der Waals surface area contributed by atoms with E-state index in [1.165, 1.54) is 0 Å². The zero-order chi connectivity index (χ0) is 12.1. The van der Waals surface area contributed by atoms with E-state index in [1.54, 1.807) is 4.90 Å². The van der Waals surface area contributed by atoms with Crippen LogP contribution in [0.3, 0.4) is 0 Å². The lowest BCUT2D eigenvalue weighted by Crippen LogP contribution is -2.48. The van der Waals surface area contributed by atoms with E-state index in [1.807, 2.05) is 0 Å². The van der Waals surface area contributed by atoms with Crippen LogP contribution in [-0.4, -0.2) is 74.0 Å². The van der Waals surface area contributed by atoms with Gasteiger partial charge in [0, 0.05) is 52.2 Å². The van der Waals surface area contributed by atoms with E-state index in [0.717, 1.165) is 26.2 Å². The van der Waals surface area contributed by atoms with E-state index in [4.69, 9.17) is 0 Å². The summed E-state index contributed by atoms with van der Waals surface area (Å²) in [6.07, 6.45) is 0.424. The lowest BCUT2D eigenvalue weighted by molar-refractivity contribution is -0.132. The number of nitrogens with one attached hydrogen (secondary N) is 2. The average Bonchev–Trinajstić information content (AvgIpc) is 2.55. The van der Waals surface area contributed by atoms with Crippen LogP contribution >= 0.6 is 0 Å². The summed E-state index contributed by atoms with van der Waals surface area (Å²) in [4.78, 5) is 27.2. The van der Waals surface area contributed by atoms with Gasteiger partial charge >= 0.3 is 0 Å². The molecule has 0 radical (unpaired) electrons. The molecule has 6 nitrogen and oxygen atoms in total.